The molecule has 1 aromatic rings. The Morgan fingerprint density at radius 1 is 1.47 bits per heavy atom. The topological polar surface area (TPSA) is 26.3 Å². The van der Waals surface area contributed by atoms with Crippen LogP contribution in [0.4, 0.5) is 0 Å². The van der Waals surface area contributed by atoms with Crippen LogP contribution in [0.25, 0.3) is 0 Å². The summed E-state index contributed by atoms with van der Waals surface area (Å²) in [6, 6.07) is 7.56. The van der Waals surface area contributed by atoms with Gasteiger partial charge >= 0.3 is 5.97 Å². The number of hydrogen-bond donors (Lipinski definition) is 0. The summed E-state index contributed by atoms with van der Waals surface area (Å²) in [5, 5.41) is 0. The fourth-order valence-corrected chi connectivity index (χ4v) is 1.39. The van der Waals surface area contributed by atoms with Crippen LogP contribution < -0.4 is 0 Å². The van der Waals surface area contributed by atoms with Crippen molar-refractivity contribution in [2.24, 2.45) is 0 Å². The molecular weight excluding hydrogens is 188 g/mol. The zero-order valence-electron chi connectivity index (χ0n) is 9.19. The Bertz CT molecular complexity index is 353. The molecule has 0 saturated carbocycles. The number of allylic oxidation sites excluding steroid dienone is 2. The smallest absolute Gasteiger partial charge is 0.337 e. The minimum absolute atomic E-state index is 0.275. The third kappa shape index (κ3) is 3.58. The van der Waals surface area contributed by atoms with Gasteiger partial charge < -0.3 is 4.74 Å². The quantitative estimate of drug-likeness (QED) is 0.556. The predicted molar refractivity (Wildman–Crippen MR) is 60.9 cm³/mol. The largest absolute Gasteiger partial charge is 0.465 e. The molecule has 0 unspecified atom stereocenters. The second-order valence-electron chi connectivity index (χ2n) is 3.30. The summed E-state index contributed by atoms with van der Waals surface area (Å²) in [4.78, 5) is 11.3. The number of ether oxygens (including phenoxy) is 1. The summed E-state index contributed by atoms with van der Waals surface area (Å²) in [6.45, 7) is 2.00. The Morgan fingerprint density at radius 3 is 2.93 bits per heavy atom. The molecule has 0 saturated heterocycles. The van der Waals surface area contributed by atoms with Gasteiger partial charge in [0.25, 0.3) is 0 Å². The summed E-state index contributed by atoms with van der Waals surface area (Å²) in [6.07, 6.45) is 6.10. The second-order valence-corrected chi connectivity index (χ2v) is 3.30. The molecule has 80 valence electrons. The maximum Gasteiger partial charge on any atom is 0.337 e. The second kappa shape index (κ2) is 6.02. The third-order valence-electron chi connectivity index (χ3n) is 2.18. The van der Waals surface area contributed by atoms with Gasteiger partial charge in [-0.25, -0.2) is 4.79 Å². The number of hydrogen-bond acceptors (Lipinski definition) is 2. The summed E-state index contributed by atoms with van der Waals surface area (Å²) < 4.78 is 4.66. The van der Waals surface area contributed by atoms with Crippen molar-refractivity contribution in [2.45, 2.75) is 19.8 Å². The summed E-state index contributed by atoms with van der Waals surface area (Å²) >= 11 is 0. The van der Waals surface area contributed by atoms with E-state index in [0.29, 0.717) is 5.56 Å². The standard InChI is InChI=1S/C13H16O2/c1-3-4-5-7-11-8-6-9-12(10-11)13(14)15-2/h3-4,6,8-10H,5,7H2,1-2H3/b4-3-. The number of esters is 1. The van der Waals surface area contributed by atoms with Gasteiger partial charge in [0.05, 0.1) is 12.7 Å². The lowest BCUT2D eigenvalue weighted by molar-refractivity contribution is 0.0600. The van der Waals surface area contributed by atoms with E-state index in [4.69, 9.17) is 0 Å². The monoisotopic (exact) mass is 204 g/mol. The van der Waals surface area contributed by atoms with E-state index in [1.165, 1.54) is 7.11 Å². The molecule has 2 nitrogen and oxygen atoms in total. The van der Waals surface area contributed by atoms with Crippen LogP contribution in [0.2, 0.25) is 0 Å². The average molecular weight is 204 g/mol. The molecule has 0 aliphatic rings. The SMILES string of the molecule is C/C=C\CCc1cccc(C(=O)OC)c1. The van der Waals surface area contributed by atoms with Gasteiger partial charge in [0.15, 0.2) is 0 Å². The lowest BCUT2D eigenvalue weighted by atomic mass is 10.1. The predicted octanol–water partition coefficient (Wildman–Crippen LogP) is 2.98. The Balaban J connectivity index is 2.69. The van der Waals surface area contributed by atoms with Crippen LogP contribution in [0.15, 0.2) is 36.4 Å². The molecule has 1 rings (SSSR count). The Morgan fingerprint density at radius 2 is 2.27 bits per heavy atom. The van der Waals surface area contributed by atoms with Crippen LogP contribution in [-0.2, 0) is 11.2 Å². The van der Waals surface area contributed by atoms with Crippen molar-refractivity contribution in [2.75, 3.05) is 7.11 Å². The Labute approximate surface area is 90.6 Å². The Kier molecular flexibility index (Phi) is 4.61. The lowest BCUT2D eigenvalue weighted by Gasteiger charge is -2.02. The van der Waals surface area contributed by atoms with Crippen LogP contribution in [-0.4, -0.2) is 13.1 Å². The summed E-state index contributed by atoms with van der Waals surface area (Å²) in [5.74, 6) is -0.275. The van der Waals surface area contributed by atoms with Gasteiger partial charge in [0, 0.05) is 0 Å². The molecule has 15 heavy (non-hydrogen) atoms. The highest BCUT2D eigenvalue weighted by molar-refractivity contribution is 5.89. The summed E-state index contributed by atoms with van der Waals surface area (Å²) in [7, 11) is 1.40. The molecule has 0 atom stereocenters. The van der Waals surface area contributed by atoms with Crippen molar-refractivity contribution in [1.82, 2.24) is 0 Å². The van der Waals surface area contributed by atoms with Crippen LogP contribution in [0.5, 0.6) is 0 Å². The highest BCUT2D eigenvalue weighted by Gasteiger charge is 2.04. The summed E-state index contributed by atoms with van der Waals surface area (Å²) in [5.41, 5.74) is 1.78. The first-order chi connectivity index (χ1) is 7.27. The molecule has 0 bridgehead atoms. The normalized spacial score (nSPS) is 10.5. The minimum Gasteiger partial charge on any atom is -0.465 e. The van der Waals surface area contributed by atoms with Gasteiger partial charge in [0.1, 0.15) is 0 Å². The molecule has 2 heteroatoms. The first kappa shape index (κ1) is 11.5. The van der Waals surface area contributed by atoms with E-state index in [1.54, 1.807) is 6.07 Å². The molecule has 0 radical (unpaired) electrons. The van der Waals surface area contributed by atoms with Gasteiger partial charge in [0.2, 0.25) is 0 Å². The van der Waals surface area contributed by atoms with Crippen molar-refractivity contribution >= 4 is 5.97 Å². The van der Waals surface area contributed by atoms with Crippen LogP contribution in [0.3, 0.4) is 0 Å². The van der Waals surface area contributed by atoms with Gasteiger partial charge in [-0.05, 0) is 37.5 Å². The zero-order chi connectivity index (χ0) is 11.1. The highest BCUT2D eigenvalue weighted by atomic mass is 16.5. The van der Waals surface area contributed by atoms with Gasteiger partial charge in [-0.15, -0.1) is 0 Å². The molecule has 0 fully saturated rings. The molecule has 0 aliphatic carbocycles. The fraction of sp³-hybridized carbons (Fsp3) is 0.308. The molecule has 0 heterocycles. The van der Waals surface area contributed by atoms with E-state index < -0.39 is 0 Å². The van der Waals surface area contributed by atoms with Gasteiger partial charge in [-0.3, -0.25) is 0 Å². The lowest BCUT2D eigenvalue weighted by Crippen LogP contribution is -2.01. The van der Waals surface area contributed by atoms with Gasteiger partial charge in [-0.1, -0.05) is 24.3 Å². The number of benzene rings is 1. The molecule has 1 aromatic carbocycles. The van der Waals surface area contributed by atoms with E-state index in [9.17, 15) is 4.79 Å². The van der Waals surface area contributed by atoms with Crippen molar-refractivity contribution in [3.05, 3.63) is 47.5 Å². The van der Waals surface area contributed by atoms with Crippen molar-refractivity contribution in [1.29, 1.82) is 0 Å². The maximum absolute atomic E-state index is 11.3. The highest BCUT2D eigenvalue weighted by Crippen LogP contribution is 2.09. The molecule has 0 amide bonds. The number of carbonyl (C=O) groups is 1. The van der Waals surface area contributed by atoms with Crippen LogP contribution >= 0.6 is 0 Å². The first-order valence-corrected chi connectivity index (χ1v) is 5.06. The average Bonchev–Trinajstić information content (AvgIpc) is 2.29. The molecule has 0 spiro atoms. The molecule has 0 aromatic heterocycles. The van der Waals surface area contributed by atoms with Crippen LogP contribution in [0.1, 0.15) is 29.3 Å². The zero-order valence-corrected chi connectivity index (χ0v) is 9.19. The van der Waals surface area contributed by atoms with E-state index in [1.807, 2.05) is 31.2 Å². The Hall–Kier alpha value is -1.57. The van der Waals surface area contributed by atoms with Crippen molar-refractivity contribution < 1.29 is 9.53 Å². The molecule has 0 N–H and O–H groups in total. The minimum atomic E-state index is -0.275. The maximum atomic E-state index is 11.3. The first-order valence-electron chi connectivity index (χ1n) is 5.06. The third-order valence-corrected chi connectivity index (χ3v) is 2.18. The molecule has 0 aliphatic heterocycles. The van der Waals surface area contributed by atoms with Gasteiger partial charge in [-0.2, -0.15) is 0 Å². The van der Waals surface area contributed by atoms with E-state index in [2.05, 4.69) is 10.8 Å². The van der Waals surface area contributed by atoms with E-state index in [0.717, 1.165) is 18.4 Å². The number of carbonyl (C=O) groups excluding carboxylic acids is 1. The van der Waals surface area contributed by atoms with E-state index >= 15 is 0 Å². The van der Waals surface area contributed by atoms with Crippen molar-refractivity contribution in [3.63, 3.8) is 0 Å². The number of aryl methyl sites for hydroxylation is 1. The fourth-order valence-electron chi connectivity index (χ4n) is 1.39. The molecular formula is C13H16O2. The van der Waals surface area contributed by atoms with E-state index in [-0.39, 0.29) is 5.97 Å². The number of rotatable bonds is 4. The number of methoxy groups -OCH3 is 1. The van der Waals surface area contributed by atoms with Crippen LogP contribution in [0, 0.1) is 0 Å². The van der Waals surface area contributed by atoms with Crippen molar-refractivity contribution in [3.8, 4) is 0 Å².